The van der Waals surface area contributed by atoms with Crippen LogP contribution >= 0.6 is 0 Å². The minimum absolute atomic E-state index is 0.114. The average molecular weight is 483 g/mol. The van der Waals surface area contributed by atoms with Gasteiger partial charge in [-0.1, -0.05) is 70.2 Å². The van der Waals surface area contributed by atoms with Gasteiger partial charge in [0.15, 0.2) is 0 Å². The molecule has 9 heteroatoms. The Morgan fingerprint density at radius 2 is 1.40 bits per heavy atom. The van der Waals surface area contributed by atoms with Crippen molar-refractivity contribution in [2.45, 2.75) is 71.9 Å². The first-order valence-corrected chi connectivity index (χ1v) is 12.2. The first-order chi connectivity index (χ1) is 16.5. The summed E-state index contributed by atoms with van der Waals surface area (Å²) in [6, 6.07) is 11.8. The lowest BCUT2D eigenvalue weighted by atomic mass is 9.75. The highest BCUT2D eigenvalue weighted by atomic mass is 16.4. The number of carbonyl (C=O) groups excluding carboxylic acids is 3. The van der Waals surface area contributed by atoms with E-state index in [9.17, 15) is 24.4 Å². The van der Waals surface area contributed by atoms with Crippen molar-refractivity contribution in [3.8, 4) is 0 Å². The van der Waals surface area contributed by atoms with Crippen LogP contribution in [-0.4, -0.2) is 52.9 Å². The van der Waals surface area contributed by atoms with E-state index in [1.165, 1.54) is 6.92 Å². The molecule has 0 aliphatic carbocycles. The van der Waals surface area contributed by atoms with Gasteiger partial charge in [-0.05, 0) is 41.0 Å². The molecule has 35 heavy (non-hydrogen) atoms. The predicted octanol–water partition coefficient (Wildman–Crippen LogP) is 1.96. The van der Waals surface area contributed by atoms with Crippen LogP contribution in [0.3, 0.4) is 0 Å². The van der Waals surface area contributed by atoms with Gasteiger partial charge in [0.05, 0.1) is 5.94 Å². The number of hydrogen-bond donors (Lipinski definition) is 5. The van der Waals surface area contributed by atoms with Crippen LogP contribution < -0.4 is 16.0 Å². The van der Waals surface area contributed by atoms with E-state index in [2.05, 4.69) is 16.0 Å². The smallest absolute Gasteiger partial charge is 0.426 e. The van der Waals surface area contributed by atoms with E-state index in [0.29, 0.717) is 12.8 Å². The van der Waals surface area contributed by atoms with E-state index in [0.717, 1.165) is 16.3 Å². The quantitative estimate of drug-likeness (QED) is 0.295. The molecule has 0 aromatic heterocycles. The third-order valence-corrected chi connectivity index (χ3v) is 5.75. The Bertz CT molecular complexity index is 1010. The van der Waals surface area contributed by atoms with Crippen molar-refractivity contribution in [3.63, 3.8) is 0 Å². The van der Waals surface area contributed by atoms with Gasteiger partial charge in [-0.3, -0.25) is 14.4 Å². The molecule has 0 aliphatic heterocycles. The van der Waals surface area contributed by atoms with Crippen molar-refractivity contribution in [1.29, 1.82) is 0 Å². The lowest BCUT2D eigenvalue weighted by Gasteiger charge is -2.26. The maximum absolute atomic E-state index is 13.3. The van der Waals surface area contributed by atoms with Gasteiger partial charge < -0.3 is 26.0 Å². The van der Waals surface area contributed by atoms with Gasteiger partial charge >= 0.3 is 7.12 Å². The molecule has 8 nitrogen and oxygen atoms in total. The van der Waals surface area contributed by atoms with Gasteiger partial charge in [-0.25, -0.2) is 0 Å². The Morgan fingerprint density at radius 3 is 2.00 bits per heavy atom. The maximum atomic E-state index is 13.3. The van der Waals surface area contributed by atoms with E-state index >= 15 is 0 Å². The number of fused-ring (bicyclic) bond motifs is 1. The highest BCUT2D eigenvalue weighted by Crippen LogP contribution is 2.20. The fourth-order valence-corrected chi connectivity index (χ4v) is 4.17. The van der Waals surface area contributed by atoms with Crippen LogP contribution in [0.4, 0.5) is 0 Å². The molecule has 0 saturated carbocycles. The van der Waals surface area contributed by atoms with E-state index in [4.69, 9.17) is 0 Å². The zero-order valence-corrected chi connectivity index (χ0v) is 21.2. The number of benzene rings is 2. The van der Waals surface area contributed by atoms with Gasteiger partial charge in [-0.15, -0.1) is 0 Å². The Hall–Kier alpha value is -2.91. The molecule has 2 rings (SSSR count). The summed E-state index contributed by atoms with van der Waals surface area (Å²) in [7, 11) is -1.73. The van der Waals surface area contributed by atoms with Crippen molar-refractivity contribution in [2.24, 2.45) is 11.8 Å². The lowest BCUT2D eigenvalue weighted by Crippen LogP contribution is -2.57. The van der Waals surface area contributed by atoms with E-state index in [1.54, 1.807) is 0 Å². The molecular formula is C26H38BN3O5. The van der Waals surface area contributed by atoms with Crippen LogP contribution in [0, 0.1) is 11.8 Å². The second kappa shape index (κ2) is 13.3. The molecule has 0 radical (unpaired) electrons. The fourth-order valence-electron chi connectivity index (χ4n) is 4.17. The van der Waals surface area contributed by atoms with Crippen LogP contribution in [0.5, 0.6) is 0 Å². The molecule has 3 atom stereocenters. The SMILES string of the molecule is CC(=O)N[C@@H](CC(C)C)C(=O)N[C@@H](Cc1cccc2ccccc12)C(=O)N[C@@H](CC(C)C)B(O)O. The summed E-state index contributed by atoms with van der Waals surface area (Å²) >= 11 is 0. The van der Waals surface area contributed by atoms with Crippen LogP contribution in [-0.2, 0) is 20.8 Å². The normalized spacial score (nSPS) is 13.9. The van der Waals surface area contributed by atoms with Gasteiger partial charge in [0, 0.05) is 13.3 Å². The van der Waals surface area contributed by atoms with E-state index in [1.807, 2.05) is 70.2 Å². The Balaban J connectivity index is 2.35. The maximum Gasteiger partial charge on any atom is 0.475 e. The molecule has 0 aliphatic rings. The molecule has 0 spiro atoms. The third-order valence-electron chi connectivity index (χ3n) is 5.75. The highest BCUT2D eigenvalue weighted by Gasteiger charge is 2.32. The third kappa shape index (κ3) is 9.00. The van der Waals surface area contributed by atoms with Crippen molar-refractivity contribution in [2.75, 3.05) is 0 Å². The molecule has 0 heterocycles. The molecule has 2 aromatic carbocycles. The largest absolute Gasteiger partial charge is 0.475 e. The minimum atomic E-state index is -1.73. The summed E-state index contributed by atoms with van der Waals surface area (Å²) in [5, 5.41) is 29.7. The fraction of sp³-hybridized carbons (Fsp3) is 0.500. The lowest BCUT2D eigenvalue weighted by molar-refractivity contribution is -0.132. The number of hydrogen-bond acceptors (Lipinski definition) is 5. The Morgan fingerprint density at radius 1 is 0.800 bits per heavy atom. The van der Waals surface area contributed by atoms with Crippen molar-refractivity contribution >= 4 is 35.6 Å². The van der Waals surface area contributed by atoms with Crippen molar-refractivity contribution in [1.82, 2.24) is 16.0 Å². The summed E-state index contributed by atoms with van der Waals surface area (Å²) in [5.41, 5.74) is 0.869. The van der Waals surface area contributed by atoms with Gasteiger partial charge in [0.2, 0.25) is 17.7 Å². The highest BCUT2D eigenvalue weighted by molar-refractivity contribution is 6.43. The molecule has 0 fully saturated rings. The van der Waals surface area contributed by atoms with Gasteiger partial charge in [0.25, 0.3) is 0 Å². The second-order valence-corrected chi connectivity index (χ2v) is 9.94. The standard InChI is InChI=1S/C26H38BN3O5/c1-16(2)13-22(28-18(5)31)25(32)29-23(26(33)30-24(27(34)35)14-17(3)4)15-20-11-8-10-19-9-6-7-12-21(19)20/h6-12,16-17,22-24,34-35H,13-15H2,1-5H3,(H,28,31)(H,29,32)(H,30,33)/t22-,23-,24-/m0/s1. The number of rotatable bonds is 12. The topological polar surface area (TPSA) is 128 Å². The predicted molar refractivity (Wildman–Crippen MR) is 138 cm³/mol. The van der Waals surface area contributed by atoms with Crippen LogP contribution in [0.2, 0.25) is 0 Å². The molecule has 0 bridgehead atoms. The zero-order valence-electron chi connectivity index (χ0n) is 21.2. The van der Waals surface area contributed by atoms with Crippen LogP contribution in [0.15, 0.2) is 42.5 Å². The molecule has 0 unspecified atom stereocenters. The number of amides is 3. The first kappa shape index (κ1) is 28.3. The van der Waals surface area contributed by atoms with E-state index in [-0.39, 0.29) is 24.2 Å². The zero-order chi connectivity index (χ0) is 26.1. The van der Waals surface area contributed by atoms with Crippen molar-refractivity contribution in [3.05, 3.63) is 48.0 Å². The molecule has 190 valence electrons. The second-order valence-electron chi connectivity index (χ2n) is 9.94. The summed E-state index contributed by atoms with van der Waals surface area (Å²) in [6.07, 6.45) is 0.975. The van der Waals surface area contributed by atoms with Crippen LogP contribution in [0.1, 0.15) is 53.0 Å². The Kier molecular flexibility index (Phi) is 10.7. The van der Waals surface area contributed by atoms with E-state index < -0.39 is 37.0 Å². The molecular weight excluding hydrogens is 445 g/mol. The Labute approximate surface area is 208 Å². The molecule has 3 amide bonds. The summed E-state index contributed by atoms with van der Waals surface area (Å²) < 4.78 is 0. The first-order valence-electron chi connectivity index (χ1n) is 12.2. The minimum Gasteiger partial charge on any atom is -0.426 e. The van der Waals surface area contributed by atoms with Crippen LogP contribution in [0.25, 0.3) is 10.8 Å². The number of carbonyl (C=O) groups is 3. The monoisotopic (exact) mass is 483 g/mol. The van der Waals surface area contributed by atoms with Crippen molar-refractivity contribution < 1.29 is 24.4 Å². The van der Waals surface area contributed by atoms with Gasteiger partial charge in [-0.2, -0.15) is 0 Å². The molecule has 0 saturated heterocycles. The molecule has 2 aromatic rings. The summed E-state index contributed by atoms with van der Waals surface area (Å²) in [5.74, 6) is -1.93. The van der Waals surface area contributed by atoms with Gasteiger partial charge in [0.1, 0.15) is 12.1 Å². The summed E-state index contributed by atoms with van der Waals surface area (Å²) in [4.78, 5) is 38.2. The average Bonchev–Trinajstić information content (AvgIpc) is 2.76. The molecule has 5 N–H and O–H groups in total. The number of nitrogens with one attached hydrogen (secondary N) is 3. The summed E-state index contributed by atoms with van der Waals surface area (Å²) in [6.45, 7) is 9.07.